The van der Waals surface area contributed by atoms with Crippen LogP contribution in [0.25, 0.3) is 0 Å². The van der Waals surface area contributed by atoms with E-state index in [0.29, 0.717) is 12.2 Å². The predicted molar refractivity (Wildman–Crippen MR) is 80.3 cm³/mol. The first-order valence-corrected chi connectivity index (χ1v) is 6.64. The number of rotatable bonds is 4. The van der Waals surface area contributed by atoms with Crippen molar-refractivity contribution in [3.8, 4) is 0 Å². The van der Waals surface area contributed by atoms with Gasteiger partial charge in [-0.05, 0) is 0 Å². The van der Waals surface area contributed by atoms with E-state index in [0.717, 1.165) is 31.6 Å². The van der Waals surface area contributed by atoms with Crippen molar-refractivity contribution in [2.24, 2.45) is 5.84 Å². The van der Waals surface area contributed by atoms with E-state index in [1.807, 2.05) is 0 Å². The molecular formula is C13H17N4O6+. The van der Waals surface area contributed by atoms with Crippen LogP contribution in [-0.2, 0) is 9.59 Å². The molecule has 0 aromatic carbocycles. The predicted octanol–water partition coefficient (Wildman–Crippen LogP) is 0.676. The van der Waals surface area contributed by atoms with Crippen LogP contribution < -0.4 is 10.4 Å². The average Bonchev–Trinajstić information content (AvgIpc) is 2.94. The number of nitrogens with two attached hydrogens (primary N) is 1. The second kappa shape index (κ2) is 7.96. The molecule has 1 aromatic rings. The largest absolute Gasteiger partial charge is 0.478 e. The molecule has 4 N–H and O–H groups in total. The maximum Gasteiger partial charge on any atom is 0.328 e. The summed E-state index contributed by atoms with van der Waals surface area (Å²) in [5.41, 5.74) is 0.726. The Labute approximate surface area is 131 Å². The average molecular weight is 325 g/mol. The summed E-state index contributed by atoms with van der Waals surface area (Å²) in [6.45, 7) is 1.64. The highest BCUT2D eigenvalue weighted by Gasteiger charge is 2.32. The lowest BCUT2D eigenvalue weighted by molar-refractivity contribution is -0.385. The van der Waals surface area contributed by atoms with Gasteiger partial charge in [-0.2, -0.15) is 5.84 Å². The van der Waals surface area contributed by atoms with Crippen molar-refractivity contribution >= 4 is 23.3 Å². The molecule has 23 heavy (non-hydrogen) atoms. The van der Waals surface area contributed by atoms with Gasteiger partial charge >= 0.3 is 11.9 Å². The molecule has 0 bridgehead atoms. The Hall–Kier alpha value is -2.85. The summed E-state index contributed by atoms with van der Waals surface area (Å²) in [6.07, 6.45) is 6.08. The van der Waals surface area contributed by atoms with Gasteiger partial charge in [-0.15, -0.1) is 0 Å². The number of carboxylic acid groups (broad SMARTS) is 2. The molecule has 1 aliphatic heterocycles. The molecule has 1 fully saturated rings. The topological polar surface area (TPSA) is 157 Å². The lowest BCUT2D eigenvalue weighted by atomic mass is 10.3. The van der Waals surface area contributed by atoms with E-state index in [2.05, 4.69) is 4.98 Å². The van der Waals surface area contributed by atoms with E-state index in [1.54, 1.807) is 6.20 Å². The second-order valence-corrected chi connectivity index (χ2v) is 4.86. The van der Waals surface area contributed by atoms with Crippen molar-refractivity contribution in [1.29, 1.82) is 0 Å². The summed E-state index contributed by atoms with van der Waals surface area (Å²) < 4.78 is 0.272. The smallest absolute Gasteiger partial charge is 0.328 e. The lowest BCUT2D eigenvalue weighted by Gasteiger charge is -2.25. The fourth-order valence-corrected chi connectivity index (χ4v) is 2.06. The minimum Gasteiger partial charge on any atom is -0.478 e. The highest BCUT2D eigenvalue weighted by molar-refractivity contribution is 5.89. The molecule has 1 aliphatic rings. The third kappa shape index (κ3) is 5.80. The molecule has 1 aromatic heterocycles. The van der Waals surface area contributed by atoms with Crippen LogP contribution in [0.1, 0.15) is 12.8 Å². The molecular weight excluding hydrogens is 308 g/mol. The molecule has 2 rings (SSSR count). The summed E-state index contributed by atoms with van der Waals surface area (Å²) in [5.74, 6) is 3.61. The highest BCUT2D eigenvalue weighted by atomic mass is 16.6. The Balaban J connectivity index is 0.000000284. The Kier molecular flexibility index (Phi) is 6.30. The van der Waals surface area contributed by atoms with Gasteiger partial charge in [0.2, 0.25) is 0 Å². The van der Waals surface area contributed by atoms with E-state index in [-0.39, 0.29) is 10.3 Å². The molecule has 1 saturated heterocycles. The van der Waals surface area contributed by atoms with Crippen LogP contribution in [-0.4, -0.2) is 45.1 Å². The molecule has 0 aliphatic carbocycles. The van der Waals surface area contributed by atoms with Gasteiger partial charge in [0.1, 0.15) is 19.3 Å². The van der Waals surface area contributed by atoms with Crippen LogP contribution in [0, 0.1) is 10.1 Å². The Morgan fingerprint density at radius 1 is 1.22 bits per heavy atom. The number of carboxylic acids is 2. The molecule has 0 unspecified atom stereocenters. The van der Waals surface area contributed by atoms with Crippen LogP contribution in [0.2, 0.25) is 0 Å². The van der Waals surface area contributed by atoms with E-state index in [1.165, 1.54) is 12.3 Å². The number of quaternary nitrogens is 1. The Bertz CT molecular complexity index is 609. The monoisotopic (exact) mass is 325 g/mol. The maximum atomic E-state index is 10.6. The first-order chi connectivity index (χ1) is 10.7. The van der Waals surface area contributed by atoms with Crippen molar-refractivity contribution in [3.05, 3.63) is 40.7 Å². The summed E-state index contributed by atoms with van der Waals surface area (Å²) in [6, 6.07) is 1.51. The SMILES string of the molecule is N[N+]1(c2cncc([N+](=O)[O-])c2)CCCC1.O=C(O)/C=C/C(=O)O. The maximum absolute atomic E-state index is 10.6. The van der Waals surface area contributed by atoms with Gasteiger partial charge in [-0.25, -0.2) is 14.2 Å². The highest BCUT2D eigenvalue weighted by Crippen LogP contribution is 2.26. The number of pyridine rings is 1. The van der Waals surface area contributed by atoms with E-state index in [4.69, 9.17) is 16.1 Å². The van der Waals surface area contributed by atoms with Crippen molar-refractivity contribution in [1.82, 2.24) is 9.58 Å². The number of carbonyl (C=O) groups is 2. The van der Waals surface area contributed by atoms with Crippen LogP contribution in [0.5, 0.6) is 0 Å². The van der Waals surface area contributed by atoms with Crippen molar-refractivity contribution in [3.63, 3.8) is 0 Å². The van der Waals surface area contributed by atoms with Crippen LogP contribution >= 0.6 is 0 Å². The molecule has 124 valence electrons. The van der Waals surface area contributed by atoms with Gasteiger partial charge in [-0.1, -0.05) is 0 Å². The quantitative estimate of drug-likeness (QED) is 0.240. The van der Waals surface area contributed by atoms with Crippen molar-refractivity contribution in [2.45, 2.75) is 12.8 Å². The van der Waals surface area contributed by atoms with Gasteiger partial charge in [0, 0.05) is 25.0 Å². The number of hydrogen-bond donors (Lipinski definition) is 3. The van der Waals surface area contributed by atoms with Gasteiger partial charge in [0.15, 0.2) is 5.69 Å². The van der Waals surface area contributed by atoms with Gasteiger partial charge in [-0.3, -0.25) is 15.1 Å². The molecule has 10 heteroatoms. The third-order valence-electron chi connectivity index (χ3n) is 3.17. The van der Waals surface area contributed by atoms with Crippen molar-refractivity contribution < 1.29 is 24.7 Å². The normalized spacial score (nSPS) is 15.7. The zero-order chi connectivity index (χ0) is 17.5. The van der Waals surface area contributed by atoms with Gasteiger partial charge in [0.05, 0.1) is 17.2 Å². The zero-order valence-corrected chi connectivity index (χ0v) is 12.2. The second-order valence-electron chi connectivity index (χ2n) is 4.86. The number of hydrogen-bond acceptors (Lipinski definition) is 6. The number of aliphatic carboxylic acids is 2. The van der Waals surface area contributed by atoms with Crippen molar-refractivity contribution in [2.75, 3.05) is 13.1 Å². The summed E-state index contributed by atoms with van der Waals surface area (Å²) in [4.78, 5) is 33.1. The summed E-state index contributed by atoms with van der Waals surface area (Å²) in [7, 11) is 0. The molecule has 0 spiro atoms. The first kappa shape index (κ1) is 18.2. The van der Waals surface area contributed by atoms with Gasteiger partial charge < -0.3 is 10.2 Å². The Morgan fingerprint density at radius 3 is 2.17 bits per heavy atom. The standard InChI is InChI=1S/C9H13N4O2.C4H4O4/c10-13(3-1-2-4-13)9-5-8(12(14)15)6-11-7-9;5-3(6)1-2-4(7)8/h5-7H,1-4,10H2;1-2H,(H,5,6)(H,7,8)/q+1;/b;2-1+. The molecule has 0 amide bonds. The van der Waals surface area contributed by atoms with Gasteiger partial charge in [0.25, 0.3) is 5.69 Å². The number of aromatic nitrogens is 1. The molecule has 0 atom stereocenters. The molecule has 2 heterocycles. The molecule has 0 radical (unpaired) electrons. The minimum atomic E-state index is -1.26. The zero-order valence-electron chi connectivity index (χ0n) is 12.2. The third-order valence-corrected chi connectivity index (χ3v) is 3.17. The van der Waals surface area contributed by atoms with E-state index in [9.17, 15) is 19.7 Å². The van der Waals surface area contributed by atoms with Crippen LogP contribution in [0.4, 0.5) is 11.4 Å². The van der Waals surface area contributed by atoms with Crippen LogP contribution in [0.15, 0.2) is 30.6 Å². The minimum absolute atomic E-state index is 0.00218. The fraction of sp³-hybridized carbons (Fsp3) is 0.308. The van der Waals surface area contributed by atoms with E-state index < -0.39 is 16.9 Å². The number of nitro groups is 1. The van der Waals surface area contributed by atoms with E-state index >= 15 is 0 Å². The summed E-state index contributed by atoms with van der Waals surface area (Å²) >= 11 is 0. The molecule has 10 nitrogen and oxygen atoms in total. The first-order valence-electron chi connectivity index (χ1n) is 6.64. The molecule has 0 saturated carbocycles. The van der Waals surface area contributed by atoms with Crippen LogP contribution in [0.3, 0.4) is 0 Å². The summed E-state index contributed by atoms with van der Waals surface area (Å²) in [5, 5.41) is 26.2. The Morgan fingerprint density at radius 2 is 1.74 bits per heavy atom. The fourth-order valence-electron chi connectivity index (χ4n) is 2.06. The number of nitrogens with zero attached hydrogens (tertiary/aromatic N) is 3. The lowest BCUT2D eigenvalue weighted by Crippen LogP contribution is -2.53.